The fourth-order valence-electron chi connectivity index (χ4n) is 2.10. The normalized spacial score (nSPS) is 21.1. The van der Waals surface area contributed by atoms with Gasteiger partial charge in [-0.2, -0.15) is 13.2 Å². The van der Waals surface area contributed by atoms with Gasteiger partial charge in [-0.05, 0) is 25.5 Å². The highest BCUT2D eigenvalue weighted by molar-refractivity contribution is 5.28. The van der Waals surface area contributed by atoms with Gasteiger partial charge >= 0.3 is 6.18 Å². The lowest BCUT2D eigenvalue weighted by Crippen LogP contribution is -2.48. The van der Waals surface area contributed by atoms with Gasteiger partial charge in [0.15, 0.2) is 6.35 Å². The third kappa shape index (κ3) is 6.01. The topological polar surface area (TPSA) is 53.5 Å². The van der Waals surface area contributed by atoms with Crippen LogP contribution in [0.4, 0.5) is 17.6 Å². The average molecular weight is 350 g/mol. The highest BCUT2D eigenvalue weighted by Crippen LogP contribution is 2.33. The summed E-state index contributed by atoms with van der Waals surface area (Å²) in [6.45, 7) is 3.26. The lowest BCUT2D eigenvalue weighted by Gasteiger charge is -2.28. The minimum Gasteiger partial charge on any atom is -0.499 e. The number of rotatable bonds is 7. The molecule has 136 valence electrons. The summed E-state index contributed by atoms with van der Waals surface area (Å²) >= 11 is 0. The van der Waals surface area contributed by atoms with Gasteiger partial charge in [0.05, 0.1) is 13.2 Å². The monoisotopic (exact) mass is 350 g/mol. The van der Waals surface area contributed by atoms with Gasteiger partial charge in [0, 0.05) is 17.7 Å². The highest BCUT2D eigenvalue weighted by atomic mass is 19.4. The van der Waals surface area contributed by atoms with Gasteiger partial charge in [-0.3, -0.25) is 5.32 Å². The number of hydrogen-bond acceptors (Lipinski definition) is 4. The van der Waals surface area contributed by atoms with E-state index in [0.29, 0.717) is 6.42 Å². The maximum Gasteiger partial charge on any atom is 0.412 e. The molecule has 0 heterocycles. The predicted octanol–water partition coefficient (Wildman–Crippen LogP) is 3.40. The number of methoxy groups -OCH3 is 1. The first-order valence-electron chi connectivity index (χ1n) is 7.44. The molecule has 4 nitrogen and oxygen atoms in total. The number of ether oxygens (including phenoxy) is 1. The van der Waals surface area contributed by atoms with E-state index < -0.39 is 36.4 Å². The second-order valence-electron chi connectivity index (χ2n) is 5.22. The highest BCUT2D eigenvalue weighted by Gasteiger charge is 2.37. The fourth-order valence-corrected chi connectivity index (χ4v) is 2.10. The van der Waals surface area contributed by atoms with E-state index in [9.17, 15) is 22.7 Å². The Morgan fingerprint density at radius 3 is 2.67 bits per heavy atom. The molecule has 1 aliphatic carbocycles. The molecule has 24 heavy (non-hydrogen) atoms. The van der Waals surface area contributed by atoms with Gasteiger partial charge in [0.1, 0.15) is 11.6 Å². The number of alkyl halides is 3. The van der Waals surface area contributed by atoms with Gasteiger partial charge < -0.3 is 15.2 Å². The smallest absolute Gasteiger partial charge is 0.412 e. The van der Waals surface area contributed by atoms with Crippen LogP contribution in [0, 0.1) is 0 Å². The van der Waals surface area contributed by atoms with Gasteiger partial charge in [0.25, 0.3) is 0 Å². The Bertz CT molecular complexity index is 551. The third-order valence-electron chi connectivity index (χ3n) is 3.39. The van der Waals surface area contributed by atoms with Crippen LogP contribution < -0.4 is 10.6 Å². The molecular formula is C16H22F4N2O2. The Balaban J connectivity index is 2.75. The molecule has 0 aromatic rings. The van der Waals surface area contributed by atoms with E-state index in [0.717, 1.165) is 6.08 Å². The van der Waals surface area contributed by atoms with Crippen molar-refractivity contribution in [3.63, 3.8) is 0 Å². The Labute approximate surface area is 138 Å². The Hall–Kier alpha value is -1.80. The molecule has 1 rings (SSSR count). The van der Waals surface area contributed by atoms with Crippen molar-refractivity contribution >= 4 is 0 Å². The molecule has 2 atom stereocenters. The summed E-state index contributed by atoms with van der Waals surface area (Å²) in [5.74, 6) is -0.323. The van der Waals surface area contributed by atoms with Crippen LogP contribution in [0.5, 0.6) is 0 Å². The van der Waals surface area contributed by atoms with Gasteiger partial charge in [-0.15, -0.1) is 0 Å². The molecule has 0 radical (unpaired) electrons. The van der Waals surface area contributed by atoms with Crippen molar-refractivity contribution in [2.45, 2.75) is 45.3 Å². The Morgan fingerprint density at radius 2 is 2.12 bits per heavy atom. The first-order chi connectivity index (χ1) is 11.2. The summed E-state index contributed by atoms with van der Waals surface area (Å²) in [6.07, 6.45) is -0.654. The molecule has 0 aromatic heterocycles. The van der Waals surface area contributed by atoms with E-state index in [1.54, 1.807) is 6.08 Å². The number of nitrogens with one attached hydrogen (secondary N) is 2. The summed E-state index contributed by atoms with van der Waals surface area (Å²) in [6, 6.07) is -0.888. The molecule has 0 amide bonds. The lowest BCUT2D eigenvalue weighted by molar-refractivity contribution is -0.0955. The number of aliphatic hydroxyl groups is 1. The molecular weight excluding hydrogens is 328 g/mol. The van der Waals surface area contributed by atoms with Crippen LogP contribution in [0.15, 0.2) is 47.2 Å². The molecule has 2 unspecified atom stereocenters. The van der Waals surface area contributed by atoms with Crippen LogP contribution in [0.2, 0.25) is 0 Å². The van der Waals surface area contributed by atoms with Crippen molar-refractivity contribution in [3.8, 4) is 0 Å². The van der Waals surface area contributed by atoms with Crippen molar-refractivity contribution in [1.29, 1.82) is 0 Å². The average Bonchev–Trinajstić information content (AvgIpc) is 2.51. The molecule has 3 N–H and O–H groups in total. The molecule has 0 fully saturated rings. The summed E-state index contributed by atoms with van der Waals surface area (Å²) in [5.41, 5.74) is -0.678. The van der Waals surface area contributed by atoms with Crippen LogP contribution in [0.1, 0.15) is 26.7 Å². The van der Waals surface area contributed by atoms with Crippen molar-refractivity contribution in [2.75, 3.05) is 7.11 Å². The zero-order valence-electron chi connectivity index (χ0n) is 13.7. The number of hydrogen-bond donors (Lipinski definition) is 3. The van der Waals surface area contributed by atoms with E-state index in [1.165, 1.54) is 26.2 Å². The van der Waals surface area contributed by atoms with E-state index in [2.05, 4.69) is 10.6 Å². The van der Waals surface area contributed by atoms with E-state index >= 15 is 0 Å². The maximum atomic E-state index is 13.7. The van der Waals surface area contributed by atoms with Crippen molar-refractivity contribution in [1.82, 2.24) is 10.6 Å². The quantitative estimate of drug-likeness (QED) is 0.374. The fraction of sp³-hybridized carbons (Fsp3) is 0.500. The minimum atomic E-state index is -4.46. The van der Waals surface area contributed by atoms with Crippen LogP contribution >= 0.6 is 0 Å². The standard InChI is InChI=1S/C16H22F4N2O2/c1-4-5-6-12(17)10(2)21-15(23)22-13-9-11(16(18,19)20)7-8-14(13)24-3/h5-8,13,15,21-23H,4,9H2,1-3H3/b6-5-,12-10-. The Kier molecular flexibility index (Phi) is 7.50. The largest absolute Gasteiger partial charge is 0.499 e. The van der Waals surface area contributed by atoms with Crippen LogP contribution in [-0.2, 0) is 4.74 Å². The molecule has 0 aliphatic heterocycles. The van der Waals surface area contributed by atoms with Crippen molar-refractivity contribution in [2.24, 2.45) is 0 Å². The second kappa shape index (κ2) is 8.89. The van der Waals surface area contributed by atoms with Crippen LogP contribution in [0.25, 0.3) is 0 Å². The van der Waals surface area contributed by atoms with E-state index in [1.807, 2.05) is 6.92 Å². The summed E-state index contributed by atoms with van der Waals surface area (Å²) < 4.78 is 57.1. The third-order valence-corrected chi connectivity index (χ3v) is 3.39. The first-order valence-corrected chi connectivity index (χ1v) is 7.44. The predicted molar refractivity (Wildman–Crippen MR) is 83.2 cm³/mol. The lowest BCUT2D eigenvalue weighted by atomic mass is 9.98. The maximum absolute atomic E-state index is 13.7. The molecule has 0 aromatic carbocycles. The molecule has 0 saturated heterocycles. The zero-order valence-corrected chi connectivity index (χ0v) is 13.7. The number of aliphatic hydroxyl groups excluding tert-OH is 1. The minimum absolute atomic E-state index is 0.0602. The summed E-state index contributed by atoms with van der Waals surface area (Å²) in [5, 5.41) is 14.9. The van der Waals surface area contributed by atoms with Gasteiger partial charge in [-0.25, -0.2) is 4.39 Å². The molecule has 8 heteroatoms. The molecule has 0 spiro atoms. The zero-order chi connectivity index (χ0) is 18.3. The molecule has 0 saturated carbocycles. The van der Waals surface area contributed by atoms with Crippen LogP contribution in [0.3, 0.4) is 0 Å². The number of halogens is 4. The first kappa shape index (κ1) is 20.2. The van der Waals surface area contributed by atoms with E-state index in [4.69, 9.17) is 4.74 Å². The Morgan fingerprint density at radius 1 is 1.46 bits per heavy atom. The summed E-state index contributed by atoms with van der Waals surface area (Å²) in [4.78, 5) is 0. The molecule has 1 aliphatic rings. The van der Waals surface area contributed by atoms with Gasteiger partial charge in [0.2, 0.25) is 0 Å². The van der Waals surface area contributed by atoms with Crippen molar-refractivity contribution in [3.05, 3.63) is 47.2 Å². The number of allylic oxidation sites excluding steroid dienone is 6. The second-order valence-corrected chi connectivity index (χ2v) is 5.22. The van der Waals surface area contributed by atoms with Crippen molar-refractivity contribution < 1.29 is 27.4 Å². The molecule has 0 bridgehead atoms. The summed E-state index contributed by atoms with van der Waals surface area (Å²) in [7, 11) is 1.33. The van der Waals surface area contributed by atoms with E-state index in [-0.39, 0.29) is 11.5 Å². The van der Waals surface area contributed by atoms with Gasteiger partial charge in [-0.1, -0.05) is 19.1 Å². The SMILES string of the molecule is CC/C=C\C(F)=C(/C)NC(O)NC1CC(C(F)(F)F)=CC=C1OC. The van der Waals surface area contributed by atoms with Crippen LogP contribution in [-0.4, -0.2) is 30.8 Å².